The highest BCUT2D eigenvalue weighted by atomic mass is 35.5. The molecule has 0 bridgehead atoms. The van der Waals surface area contributed by atoms with Crippen LogP contribution in [-0.2, 0) is 4.57 Å². The van der Waals surface area contributed by atoms with Gasteiger partial charge in [-0.1, -0.05) is 35.1 Å². The number of nitrogens with one attached hydrogen (secondary N) is 2. The van der Waals surface area contributed by atoms with Crippen LogP contribution < -0.4 is 15.5 Å². The fraction of sp³-hybridized carbons (Fsp3) is 0.364. The molecule has 0 radical (unpaired) electrons. The molecule has 6 N–H and O–H groups in total. The van der Waals surface area contributed by atoms with Crippen molar-refractivity contribution >= 4 is 59.1 Å². The van der Waals surface area contributed by atoms with Crippen molar-refractivity contribution in [3.8, 4) is 0 Å². The lowest BCUT2D eigenvalue weighted by atomic mass is 10.2. The molecule has 3 heterocycles. The second kappa shape index (κ2) is 13.4. The Morgan fingerprint density at radius 2 is 1.84 bits per heavy atom. The summed E-state index contributed by atoms with van der Waals surface area (Å²) < 4.78 is 8.88. The quantitative estimate of drug-likeness (QED) is 0.223. The first kappa shape index (κ1) is 29.9. The minimum Gasteiger partial charge on any atom is -0.395 e. The third kappa shape index (κ3) is 9.26. The van der Waals surface area contributed by atoms with Gasteiger partial charge in [-0.3, -0.25) is 9.69 Å². The summed E-state index contributed by atoms with van der Waals surface area (Å²) in [7, 11) is -4.64. The summed E-state index contributed by atoms with van der Waals surface area (Å²) in [6, 6.07) is 7.37. The Hall–Kier alpha value is -2.68. The number of aryl methyl sites for hydroxylation is 2. The van der Waals surface area contributed by atoms with Crippen molar-refractivity contribution in [3.63, 3.8) is 0 Å². The third-order valence-electron chi connectivity index (χ3n) is 5.36. The molecule has 38 heavy (non-hydrogen) atoms. The van der Waals surface area contributed by atoms with Crippen LogP contribution in [0.4, 0.5) is 22.5 Å². The number of β-amino-alcohol motifs (C(OH)–C–C–N with tert-alkyl or cyclic N) is 1. The molecule has 206 valence electrons. The predicted octanol–water partition coefficient (Wildman–Crippen LogP) is 2.38. The number of amides is 1. The van der Waals surface area contributed by atoms with Crippen LogP contribution in [0.25, 0.3) is 0 Å². The number of thiazole rings is 1. The van der Waals surface area contributed by atoms with Crippen molar-refractivity contribution in [2.75, 3.05) is 54.9 Å². The molecule has 1 saturated heterocycles. The van der Waals surface area contributed by atoms with E-state index in [1.807, 2.05) is 32.0 Å². The number of hydrogen-bond acceptors (Lipinski definition) is 10. The third-order valence-corrected chi connectivity index (χ3v) is 6.59. The maximum absolute atomic E-state index is 12.7. The average molecular weight is 586 g/mol. The molecule has 0 unspecified atom stereocenters. The van der Waals surface area contributed by atoms with Crippen LogP contribution in [0, 0.1) is 13.8 Å². The van der Waals surface area contributed by atoms with Gasteiger partial charge in [0, 0.05) is 38.8 Å². The number of aliphatic hydroxyl groups excluding tert-OH is 1. The normalized spacial score (nSPS) is 14.0. The van der Waals surface area contributed by atoms with Gasteiger partial charge in [-0.05, 0) is 25.5 Å². The van der Waals surface area contributed by atoms with Gasteiger partial charge in [0.15, 0.2) is 5.13 Å². The molecule has 1 amide bonds. The number of aliphatic hydroxyl groups is 1. The van der Waals surface area contributed by atoms with Gasteiger partial charge in [0.1, 0.15) is 22.3 Å². The van der Waals surface area contributed by atoms with Crippen molar-refractivity contribution in [1.82, 2.24) is 19.9 Å². The SMILES string of the molecule is Cc1nc(Nc2ncc(C(=O)Nc3c(C)cccc3Cl)s2)cc(N2CCN(CCO)CC2)n1.O=P(O)(O)O. The monoisotopic (exact) mass is 585 g/mol. The second-order valence-corrected chi connectivity index (χ2v) is 10.7. The van der Waals surface area contributed by atoms with Gasteiger partial charge in [0.05, 0.1) is 23.5 Å². The van der Waals surface area contributed by atoms with E-state index >= 15 is 0 Å². The molecular weight excluding hydrogens is 557 g/mol. The van der Waals surface area contributed by atoms with Crippen LogP contribution in [0.15, 0.2) is 30.5 Å². The van der Waals surface area contributed by atoms with Crippen LogP contribution in [0.2, 0.25) is 5.02 Å². The highest BCUT2D eigenvalue weighted by Crippen LogP contribution is 2.28. The summed E-state index contributed by atoms with van der Waals surface area (Å²) in [6.45, 7) is 8.03. The summed E-state index contributed by atoms with van der Waals surface area (Å²) in [5, 5.41) is 16.2. The largest absolute Gasteiger partial charge is 0.466 e. The molecule has 4 rings (SSSR count). The van der Waals surface area contributed by atoms with Crippen molar-refractivity contribution in [2.24, 2.45) is 0 Å². The number of aromatic nitrogens is 3. The van der Waals surface area contributed by atoms with E-state index in [0.717, 1.165) is 37.6 Å². The van der Waals surface area contributed by atoms with Gasteiger partial charge in [-0.25, -0.2) is 19.5 Å². The van der Waals surface area contributed by atoms with Crippen LogP contribution in [0.1, 0.15) is 21.1 Å². The first-order valence-corrected chi connectivity index (χ1v) is 14.2. The topological polar surface area (TPSA) is 184 Å². The van der Waals surface area contributed by atoms with E-state index < -0.39 is 7.82 Å². The smallest absolute Gasteiger partial charge is 0.395 e. The van der Waals surface area contributed by atoms with Crippen LogP contribution >= 0.6 is 30.8 Å². The molecule has 16 heteroatoms. The molecule has 0 atom stereocenters. The number of benzene rings is 1. The minimum atomic E-state index is -4.64. The van der Waals surface area contributed by atoms with E-state index in [1.165, 1.54) is 17.5 Å². The van der Waals surface area contributed by atoms with Gasteiger partial charge in [0.25, 0.3) is 5.91 Å². The Labute approximate surface area is 228 Å². The number of carbonyl (C=O) groups excluding carboxylic acids is 1. The van der Waals surface area contributed by atoms with Crippen molar-refractivity contribution in [3.05, 3.63) is 51.7 Å². The van der Waals surface area contributed by atoms with Crippen molar-refractivity contribution in [1.29, 1.82) is 0 Å². The molecule has 0 saturated carbocycles. The Morgan fingerprint density at radius 1 is 1.16 bits per heavy atom. The van der Waals surface area contributed by atoms with Crippen molar-refractivity contribution < 1.29 is 29.1 Å². The number of halogens is 1. The maximum Gasteiger partial charge on any atom is 0.466 e. The molecule has 1 aliphatic rings. The summed E-state index contributed by atoms with van der Waals surface area (Å²) >= 11 is 7.46. The first-order chi connectivity index (χ1) is 17.9. The zero-order valence-corrected chi connectivity index (χ0v) is 23.2. The molecule has 1 fully saturated rings. The van der Waals surface area contributed by atoms with Gasteiger partial charge in [-0.15, -0.1) is 0 Å². The summed E-state index contributed by atoms with van der Waals surface area (Å²) in [4.78, 5) is 52.5. The fourth-order valence-corrected chi connectivity index (χ4v) is 4.62. The maximum atomic E-state index is 12.7. The lowest BCUT2D eigenvalue weighted by Crippen LogP contribution is -2.47. The lowest BCUT2D eigenvalue weighted by Gasteiger charge is -2.35. The second-order valence-electron chi connectivity index (χ2n) is 8.26. The summed E-state index contributed by atoms with van der Waals surface area (Å²) in [5.41, 5.74) is 1.49. The molecule has 2 aromatic heterocycles. The van der Waals surface area contributed by atoms with E-state index in [1.54, 1.807) is 6.07 Å². The minimum absolute atomic E-state index is 0.173. The van der Waals surface area contributed by atoms with Crippen LogP contribution in [0.3, 0.4) is 0 Å². The number of phosphoric acid groups is 1. The predicted molar refractivity (Wildman–Crippen MR) is 146 cm³/mol. The molecule has 13 nitrogen and oxygen atoms in total. The van der Waals surface area contributed by atoms with Gasteiger partial charge in [-0.2, -0.15) is 0 Å². The first-order valence-electron chi connectivity index (χ1n) is 11.4. The number of para-hydroxylation sites is 1. The van der Waals surface area contributed by atoms with Crippen LogP contribution in [0.5, 0.6) is 0 Å². The van der Waals surface area contributed by atoms with E-state index in [0.29, 0.717) is 38.9 Å². The highest BCUT2D eigenvalue weighted by molar-refractivity contribution is 7.45. The van der Waals surface area contributed by atoms with E-state index in [4.69, 9.17) is 36.0 Å². The Balaban J connectivity index is 0.000000732. The molecule has 0 aliphatic carbocycles. The Morgan fingerprint density at radius 3 is 2.47 bits per heavy atom. The Kier molecular flexibility index (Phi) is 10.5. The van der Waals surface area contributed by atoms with E-state index in [2.05, 4.69) is 35.4 Å². The molecule has 1 aromatic carbocycles. The number of carbonyl (C=O) groups is 1. The number of anilines is 4. The lowest BCUT2D eigenvalue weighted by molar-refractivity contribution is 0.103. The summed E-state index contributed by atoms with van der Waals surface area (Å²) in [5.74, 6) is 1.85. The van der Waals surface area contributed by atoms with E-state index in [9.17, 15) is 4.79 Å². The molecule has 0 spiro atoms. The highest BCUT2D eigenvalue weighted by Gasteiger charge is 2.19. The van der Waals surface area contributed by atoms with E-state index in [-0.39, 0.29) is 12.5 Å². The number of piperazine rings is 1. The summed E-state index contributed by atoms with van der Waals surface area (Å²) in [6.07, 6.45) is 1.53. The number of rotatable bonds is 7. The number of hydrogen-bond donors (Lipinski definition) is 6. The zero-order chi connectivity index (χ0) is 27.9. The molecule has 1 aliphatic heterocycles. The van der Waals surface area contributed by atoms with Gasteiger partial charge in [0.2, 0.25) is 0 Å². The average Bonchev–Trinajstić information content (AvgIpc) is 3.29. The van der Waals surface area contributed by atoms with Crippen molar-refractivity contribution in [2.45, 2.75) is 13.8 Å². The van der Waals surface area contributed by atoms with Gasteiger partial charge < -0.3 is 35.3 Å². The zero-order valence-electron chi connectivity index (χ0n) is 20.7. The number of nitrogens with zero attached hydrogens (tertiary/aromatic N) is 5. The molecular formula is C22H29ClN7O6PS. The molecule has 3 aromatic rings. The fourth-order valence-electron chi connectivity index (χ4n) is 3.63. The standard InChI is InChI=1S/C22H26ClN7O2S.H3O4P/c1-14-4-3-5-16(23)20(14)28-21(32)17-13-24-22(33-17)27-18-12-19(26-15(2)25-18)30-8-6-29(7-9-30)10-11-31;1-5(2,3)4/h3-5,12-13,31H,6-11H2,1-2H3,(H,28,32)(H,24,25,26,27);(H3,1,2,3,4). The van der Waals surface area contributed by atoms with Crippen LogP contribution in [-0.4, -0.2) is 84.9 Å². The van der Waals surface area contributed by atoms with Gasteiger partial charge >= 0.3 is 7.82 Å². The Bertz CT molecular complexity index is 1270.